The number of aromatic nitrogens is 1. The van der Waals surface area contributed by atoms with Gasteiger partial charge in [-0.05, 0) is 43.5 Å². The molecule has 1 amide bonds. The maximum atomic E-state index is 12.0. The summed E-state index contributed by atoms with van der Waals surface area (Å²) < 4.78 is 5.63. The van der Waals surface area contributed by atoms with Gasteiger partial charge in [-0.15, -0.1) is 11.3 Å². The van der Waals surface area contributed by atoms with Gasteiger partial charge in [0.25, 0.3) is 0 Å². The summed E-state index contributed by atoms with van der Waals surface area (Å²) >= 11 is 1.44. The third kappa shape index (κ3) is 5.67. The lowest BCUT2D eigenvalue weighted by molar-refractivity contribution is -0.117. The van der Waals surface area contributed by atoms with E-state index in [9.17, 15) is 4.79 Å². The van der Waals surface area contributed by atoms with Crippen LogP contribution in [0.5, 0.6) is 5.75 Å². The number of benzene rings is 1. The monoisotopic (exact) mass is 332 g/mol. The van der Waals surface area contributed by atoms with Crippen LogP contribution in [0.15, 0.2) is 29.6 Å². The van der Waals surface area contributed by atoms with Crippen molar-refractivity contribution in [2.75, 3.05) is 5.32 Å². The lowest BCUT2D eigenvalue weighted by atomic mass is 9.92. The molecule has 0 saturated heterocycles. The van der Waals surface area contributed by atoms with Crippen LogP contribution < -0.4 is 10.1 Å². The fraction of sp³-hybridized carbons (Fsp3) is 0.444. The number of anilines is 1. The van der Waals surface area contributed by atoms with Gasteiger partial charge in [-0.1, -0.05) is 20.8 Å². The highest BCUT2D eigenvalue weighted by atomic mass is 32.1. The lowest BCUT2D eigenvalue weighted by Gasteiger charge is -2.16. The van der Waals surface area contributed by atoms with E-state index in [4.69, 9.17) is 4.74 Å². The molecule has 0 saturated carbocycles. The Balaban J connectivity index is 2.03. The van der Waals surface area contributed by atoms with Crippen LogP contribution >= 0.6 is 11.3 Å². The van der Waals surface area contributed by atoms with E-state index in [1.165, 1.54) is 11.3 Å². The number of thiazole rings is 1. The Hall–Kier alpha value is -1.88. The maximum Gasteiger partial charge on any atom is 0.226 e. The molecule has 124 valence electrons. The van der Waals surface area contributed by atoms with Crippen LogP contribution in [0.25, 0.3) is 11.3 Å². The predicted octanol–water partition coefficient (Wildman–Crippen LogP) is 4.97. The molecule has 4 nitrogen and oxygen atoms in total. The van der Waals surface area contributed by atoms with Crippen molar-refractivity contribution in [3.8, 4) is 17.0 Å². The fourth-order valence-electron chi connectivity index (χ4n) is 2.09. The number of nitrogens with one attached hydrogen (secondary N) is 1. The van der Waals surface area contributed by atoms with E-state index in [1.807, 2.05) is 64.3 Å². The molecule has 2 rings (SSSR count). The fourth-order valence-corrected chi connectivity index (χ4v) is 2.82. The first-order valence-corrected chi connectivity index (χ1v) is 8.63. The molecule has 1 aromatic heterocycles. The largest absolute Gasteiger partial charge is 0.491 e. The molecule has 0 aliphatic heterocycles. The topological polar surface area (TPSA) is 51.2 Å². The molecule has 0 radical (unpaired) electrons. The van der Waals surface area contributed by atoms with Crippen molar-refractivity contribution in [1.29, 1.82) is 0 Å². The highest BCUT2D eigenvalue weighted by Crippen LogP contribution is 2.27. The number of carbonyl (C=O) groups excluding carboxylic acids is 1. The van der Waals surface area contributed by atoms with Crippen molar-refractivity contribution in [3.63, 3.8) is 0 Å². The maximum absolute atomic E-state index is 12.0. The van der Waals surface area contributed by atoms with E-state index >= 15 is 0 Å². The smallest absolute Gasteiger partial charge is 0.226 e. The zero-order valence-corrected chi connectivity index (χ0v) is 15.2. The second kappa shape index (κ2) is 7.13. The molecule has 0 atom stereocenters. The van der Waals surface area contributed by atoms with Crippen LogP contribution in [0.1, 0.15) is 41.0 Å². The van der Waals surface area contributed by atoms with Crippen LogP contribution in [0.2, 0.25) is 0 Å². The predicted molar refractivity (Wildman–Crippen MR) is 96.0 cm³/mol. The number of hydrogen-bond donors (Lipinski definition) is 1. The van der Waals surface area contributed by atoms with Gasteiger partial charge in [0.2, 0.25) is 5.91 Å². The quantitative estimate of drug-likeness (QED) is 0.841. The zero-order valence-electron chi connectivity index (χ0n) is 14.3. The average Bonchev–Trinajstić information content (AvgIpc) is 2.85. The first-order valence-electron chi connectivity index (χ1n) is 7.75. The molecule has 0 aliphatic rings. The first kappa shape index (κ1) is 17.5. The first-order chi connectivity index (χ1) is 10.7. The van der Waals surface area contributed by atoms with Crippen LogP contribution in [0.3, 0.4) is 0 Å². The van der Waals surface area contributed by atoms with Gasteiger partial charge in [0.1, 0.15) is 5.75 Å². The molecular formula is C18H24N2O2S. The Morgan fingerprint density at radius 1 is 1.26 bits per heavy atom. The molecule has 0 bridgehead atoms. The summed E-state index contributed by atoms with van der Waals surface area (Å²) in [5, 5.41) is 5.46. The summed E-state index contributed by atoms with van der Waals surface area (Å²) in [5.41, 5.74) is 1.84. The Morgan fingerprint density at radius 2 is 1.91 bits per heavy atom. The molecule has 23 heavy (non-hydrogen) atoms. The molecular weight excluding hydrogens is 308 g/mol. The van der Waals surface area contributed by atoms with E-state index in [1.54, 1.807) is 0 Å². The standard InChI is InChI=1S/C18H24N2O2S/c1-12(2)22-14-8-6-13(7-9-14)15-11-23-17(19-15)20-16(21)10-18(3,4)5/h6-9,11-12H,10H2,1-5H3,(H,19,20,21). The lowest BCUT2D eigenvalue weighted by Crippen LogP contribution is -2.19. The molecule has 1 aromatic carbocycles. The summed E-state index contributed by atoms with van der Waals surface area (Å²) in [6.45, 7) is 10.1. The Labute approximate surface area is 141 Å². The molecule has 0 aliphatic carbocycles. The third-order valence-electron chi connectivity index (χ3n) is 2.96. The number of carbonyl (C=O) groups is 1. The van der Waals surface area contributed by atoms with Crippen molar-refractivity contribution in [2.45, 2.75) is 47.1 Å². The summed E-state index contributed by atoms with van der Waals surface area (Å²) in [6.07, 6.45) is 0.633. The summed E-state index contributed by atoms with van der Waals surface area (Å²) in [5.74, 6) is 0.844. The highest BCUT2D eigenvalue weighted by molar-refractivity contribution is 7.14. The van der Waals surface area contributed by atoms with Gasteiger partial charge < -0.3 is 10.1 Å². The summed E-state index contributed by atoms with van der Waals surface area (Å²) in [4.78, 5) is 16.4. The molecule has 1 N–H and O–H groups in total. The number of nitrogens with zero attached hydrogens (tertiary/aromatic N) is 1. The van der Waals surface area contributed by atoms with E-state index in [2.05, 4.69) is 10.3 Å². The number of amides is 1. The van der Waals surface area contributed by atoms with Crippen molar-refractivity contribution in [2.24, 2.45) is 5.41 Å². The van der Waals surface area contributed by atoms with Crippen LogP contribution in [0.4, 0.5) is 5.13 Å². The Bertz CT molecular complexity index is 654. The SMILES string of the molecule is CC(C)Oc1ccc(-c2csc(NC(=O)CC(C)(C)C)n2)cc1. The van der Waals surface area contributed by atoms with Crippen LogP contribution in [-0.2, 0) is 4.79 Å². The van der Waals surface area contributed by atoms with Crippen LogP contribution in [0, 0.1) is 5.41 Å². The van der Waals surface area contributed by atoms with E-state index < -0.39 is 0 Å². The second-order valence-electron chi connectivity index (χ2n) is 7.01. The normalized spacial score (nSPS) is 11.6. The van der Waals surface area contributed by atoms with Gasteiger partial charge in [0, 0.05) is 17.4 Å². The molecule has 2 aromatic rings. The number of rotatable bonds is 5. The number of ether oxygens (including phenoxy) is 1. The average molecular weight is 332 g/mol. The van der Waals surface area contributed by atoms with Crippen molar-refractivity contribution in [1.82, 2.24) is 4.98 Å². The molecule has 5 heteroatoms. The van der Waals surface area contributed by atoms with Gasteiger partial charge in [0.15, 0.2) is 5.13 Å². The number of hydrogen-bond acceptors (Lipinski definition) is 4. The third-order valence-corrected chi connectivity index (χ3v) is 3.72. The minimum atomic E-state index is -0.0313. The van der Waals surface area contributed by atoms with Crippen molar-refractivity contribution >= 4 is 22.4 Å². The van der Waals surface area contributed by atoms with E-state index in [-0.39, 0.29) is 17.4 Å². The van der Waals surface area contributed by atoms with E-state index in [0.717, 1.165) is 17.0 Å². The van der Waals surface area contributed by atoms with Crippen molar-refractivity contribution in [3.05, 3.63) is 29.6 Å². The van der Waals surface area contributed by atoms with Crippen molar-refractivity contribution < 1.29 is 9.53 Å². The summed E-state index contributed by atoms with van der Waals surface area (Å²) in [7, 11) is 0. The van der Waals surface area contributed by atoms with Gasteiger partial charge in [-0.25, -0.2) is 4.98 Å². The zero-order chi connectivity index (χ0) is 17.0. The molecule has 1 heterocycles. The second-order valence-corrected chi connectivity index (χ2v) is 7.87. The summed E-state index contributed by atoms with van der Waals surface area (Å²) in [6, 6.07) is 7.83. The molecule has 0 spiro atoms. The van der Waals surface area contributed by atoms with Gasteiger partial charge in [-0.2, -0.15) is 0 Å². The minimum Gasteiger partial charge on any atom is -0.491 e. The Kier molecular flexibility index (Phi) is 5.42. The van der Waals surface area contributed by atoms with Gasteiger partial charge in [0.05, 0.1) is 11.8 Å². The van der Waals surface area contributed by atoms with Crippen LogP contribution in [-0.4, -0.2) is 17.0 Å². The molecule has 0 fully saturated rings. The molecule has 0 unspecified atom stereocenters. The van der Waals surface area contributed by atoms with Gasteiger partial charge in [-0.3, -0.25) is 4.79 Å². The highest BCUT2D eigenvalue weighted by Gasteiger charge is 2.17. The Morgan fingerprint density at radius 3 is 2.48 bits per heavy atom. The van der Waals surface area contributed by atoms with E-state index in [0.29, 0.717) is 11.6 Å². The minimum absolute atomic E-state index is 0.000851. The van der Waals surface area contributed by atoms with Gasteiger partial charge >= 0.3 is 0 Å².